The Kier molecular flexibility index (Phi) is 4.17. The molecule has 1 atom stereocenters. The topological polar surface area (TPSA) is 64.1 Å². The van der Waals surface area contributed by atoms with E-state index in [-0.39, 0.29) is 11.2 Å². The Bertz CT molecular complexity index is 588. The molecule has 2 heterocycles. The van der Waals surface area contributed by atoms with Crippen molar-refractivity contribution in [3.05, 3.63) is 35.9 Å². The van der Waals surface area contributed by atoms with E-state index in [0.717, 1.165) is 15.9 Å². The number of cyclic esters (lactones) is 1. The van der Waals surface area contributed by atoms with Crippen molar-refractivity contribution in [1.82, 2.24) is 10.2 Å². The lowest BCUT2D eigenvalue weighted by atomic mass is 10.2. The highest BCUT2D eigenvalue weighted by atomic mass is 32.2. The molecule has 1 aromatic carbocycles. The summed E-state index contributed by atoms with van der Waals surface area (Å²) in [6, 6.07) is 10.1. The molecule has 1 aromatic heterocycles. The monoisotopic (exact) mass is 307 g/mol. The van der Waals surface area contributed by atoms with Crippen LogP contribution in [-0.2, 0) is 16.1 Å². The highest BCUT2D eigenvalue weighted by molar-refractivity contribution is 8.02. The van der Waals surface area contributed by atoms with Crippen molar-refractivity contribution >= 4 is 34.2 Å². The van der Waals surface area contributed by atoms with Gasteiger partial charge in [0.2, 0.25) is 5.13 Å². The van der Waals surface area contributed by atoms with Crippen LogP contribution in [0.3, 0.4) is 0 Å². The number of esters is 1. The number of ether oxygens (including phenoxy) is 1. The van der Waals surface area contributed by atoms with Crippen LogP contribution in [0.5, 0.6) is 0 Å². The average molecular weight is 307 g/mol. The SMILES string of the molecule is O=C1OCC[C@H]1Sc1nnc(NCc2ccccc2)s1. The largest absolute Gasteiger partial charge is 0.465 e. The normalized spacial score (nSPS) is 18.0. The minimum atomic E-state index is -0.149. The number of benzene rings is 1. The molecule has 1 saturated heterocycles. The number of aromatic nitrogens is 2. The Labute approximate surface area is 124 Å². The van der Waals surface area contributed by atoms with Crippen LogP contribution in [-0.4, -0.2) is 28.0 Å². The van der Waals surface area contributed by atoms with Crippen LogP contribution >= 0.6 is 23.1 Å². The molecule has 1 aliphatic heterocycles. The van der Waals surface area contributed by atoms with Crippen LogP contribution in [0.2, 0.25) is 0 Å². The number of nitrogens with one attached hydrogen (secondary N) is 1. The fourth-order valence-corrected chi connectivity index (χ4v) is 3.77. The number of carbonyl (C=O) groups is 1. The lowest BCUT2D eigenvalue weighted by molar-refractivity contribution is -0.137. The first-order valence-electron chi connectivity index (χ1n) is 6.26. The summed E-state index contributed by atoms with van der Waals surface area (Å²) in [4.78, 5) is 11.4. The zero-order valence-electron chi connectivity index (χ0n) is 10.6. The highest BCUT2D eigenvalue weighted by Crippen LogP contribution is 2.33. The predicted molar refractivity (Wildman–Crippen MR) is 78.9 cm³/mol. The Morgan fingerprint density at radius 2 is 2.20 bits per heavy atom. The zero-order chi connectivity index (χ0) is 13.8. The molecule has 104 valence electrons. The van der Waals surface area contributed by atoms with Gasteiger partial charge in [-0.3, -0.25) is 4.79 Å². The van der Waals surface area contributed by atoms with Crippen molar-refractivity contribution in [1.29, 1.82) is 0 Å². The summed E-state index contributed by atoms with van der Waals surface area (Å²) in [5.41, 5.74) is 1.19. The Balaban J connectivity index is 1.55. The molecule has 0 aliphatic carbocycles. The van der Waals surface area contributed by atoms with Crippen LogP contribution in [0.1, 0.15) is 12.0 Å². The quantitative estimate of drug-likeness (QED) is 0.857. The second kappa shape index (κ2) is 6.23. The minimum Gasteiger partial charge on any atom is -0.465 e. The van der Waals surface area contributed by atoms with Crippen LogP contribution in [0.4, 0.5) is 5.13 Å². The van der Waals surface area contributed by atoms with E-state index in [2.05, 4.69) is 27.6 Å². The van der Waals surface area contributed by atoms with Crippen molar-refractivity contribution in [2.24, 2.45) is 0 Å². The van der Waals surface area contributed by atoms with Gasteiger partial charge in [0.1, 0.15) is 5.25 Å². The molecule has 0 amide bonds. The van der Waals surface area contributed by atoms with E-state index >= 15 is 0 Å². The Hall–Kier alpha value is -1.60. The number of thioether (sulfide) groups is 1. The zero-order valence-corrected chi connectivity index (χ0v) is 12.2. The second-order valence-corrected chi connectivity index (χ2v) is 6.70. The molecule has 0 bridgehead atoms. The van der Waals surface area contributed by atoms with E-state index in [1.807, 2.05) is 18.2 Å². The predicted octanol–water partition coefficient (Wildman–Crippen LogP) is 2.56. The van der Waals surface area contributed by atoms with Gasteiger partial charge >= 0.3 is 5.97 Å². The molecule has 20 heavy (non-hydrogen) atoms. The van der Waals surface area contributed by atoms with E-state index in [0.29, 0.717) is 13.2 Å². The summed E-state index contributed by atoms with van der Waals surface area (Å²) in [6.45, 7) is 1.22. The number of rotatable bonds is 5. The molecule has 0 spiro atoms. The molecule has 3 rings (SSSR count). The summed E-state index contributed by atoms with van der Waals surface area (Å²) in [5.74, 6) is -0.149. The van der Waals surface area contributed by atoms with Crippen LogP contribution < -0.4 is 5.32 Å². The number of anilines is 1. The van der Waals surface area contributed by atoms with Crippen molar-refractivity contribution in [2.45, 2.75) is 22.6 Å². The molecular formula is C13H13N3O2S2. The molecule has 7 heteroatoms. The van der Waals surface area contributed by atoms with E-state index in [4.69, 9.17) is 4.74 Å². The second-order valence-electron chi connectivity index (χ2n) is 4.27. The highest BCUT2D eigenvalue weighted by Gasteiger charge is 2.28. The molecule has 5 nitrogen and oxygen atoms in total. The molecule has 1 fully saturated rings. The molecular weight excluding hydrogens is 294 g/mol. The van der Waals surface area contributed by atoms with Crippen LogP contribution in [0.15, 0.2) is 34.7 Å². The summed E-state index contributed by atoms with van der Waals surface area (Å²) < 4.78 is 5.73. The number of carbonyl (C=O) groups excluding carboxylic acids is 1. The Morgan fingerprint density at radius 3 is 2.95 bits per heavy atom. The van der Waals surface area contributed by atoms with Gasteiger partial charge in [-0.15, -0.1) is 10.2 Å². The molecule has 0 unspecified atom stereocenters. The summed E-state index contributed by atoms with van der Waals surface area (Å²) in [5, 5.41) is 12.0. The fraction of sp³-hybridized carbons (Fsp3) is 0.308. The van der Waals surface area contributed by atoms with Crippen molar-refractivity contribution in [2.75, 3.05) is 11.9 Å². The first kappa shape index (κ1) is 13.4. The van der Waals surface area contributed by atoms with E-state index in [1.165, 1.54) is 28.7 Å². The van der Waals surface area contributed by atoms with Gasteiger partial charge < -0.3 is 10.1 Å². The third-order valence-corrected chi connectivity index (χ3v) is 5.03. The smallest absolute Gasteiger partial charge is 0.319 e. The van der Waals surface area contributed by atoms with Gasteiger partial charge in [0.25, 0.3) is 0 Å². The Morgan fingerprint density at radius 1 is 1.35 bits per heavy atom. The van der Waals surface area contributed by atoms with Crippen LogP contribution in [0, 0.1) is 0 Å². The van der Waals surface area contributed by atoms with Gasteiger partial charge in [0.15, 0.2) is 4.34 Å². The number of hydrogen-bond acceptors (Lipinski definition) is 7. The molecule has 1 N–H and O–H groups in total. The maximum absolute atomic E-state index is 11.4. The standard InChI is InChI=1S/C13H13N3O2S2/c17-11-10(6-7-18-11)19-13-16-15-12(20-13)14-8-9-4-2-1-3-5-9/h1-5,10H,6-8H2,(H,14,15)/t10-/m1/s1. The van der Waals surface area contributed by atoms with Crippen LogP contribution in [0.25, 0.3) is 0 Å². The average Bonchev–Trinajstić information content (AvgIpc) is 3.08. The molecule has 0 radical (unpaired) electrons. The van der Waals surface area contributed by atoms with E-state index in [1.54, 1.807) is 0 Å². The lowest BCUT2D eigenvalue weighted by Gasteiger charge is -2.01. The molecule has 0 saturated carbocycles. The summed E-state index contributed by atoms with van der Waals surface area (Å²) >= 11 is 2.90. The molecule has 1 aliphatic rings. The summed E-state index contributed by atoms with van der Waals surface area (Å²) in [7, 11) is 0. The van der Waals surface area contributed by atoms with Crippen molar-refractivity contribution in [3.8, 4) is 0 Å². The van der Waals surface area contributed by atoms with Gasteiger partial charge in [-0.2, -0.15) is 0 Å². The van der Waals surface area contributed by atoms with Gasteiger partial charge in [-0.25, -0.2) is 0 Å². The maximum Gasteiger partial charge on any atom is 0.319 e. The molecule has 2 aromatic rings. The van der Waals surface area contributed by atoms with Gasteiger partial charge in [-0.1, -0.05) is 53.4 Å². The first-order valence-corrected chi connectivity index (χ1v) is 7.95. The summed E-state index contributed by atoms with van der Waals surface area (Å²) in [6.07, 6.45) is 0.746. The maximum atomic E-state index is 11.4. The third kappa shape index (κ3) is 3.29. The minimum absolute atomic E-state index is 0.134. The van der Waals surface area contributed by atoms with Gasteiger partial charge in [0.05, 0.1) is 6.61 Å². The third-order valence-electron chi connectivity index (χ3n) is 2.82. The van der Waals surface area contributed by atoms with Crippen molar-refractivity contribution in [3.63, 3.8) is 0 Å². The van der Waals surface area contributed by atoms with E-state index in [9.17, 15) is 4.79 Å². The van der Waals surface area contributed by atoms with Gasteiger partial charge in [-0.05, 0) is 5.56 Å². The lowest BCUT2D eigenvalue weighted by Crippen LogP contribution is -2.08. The fourth-order valence-electron chi connectivity index (χ4n) is 1.81. The number of nitrogens with zero attached hydrogens (tertiary/aromatic N) is 2. The first-order chi connectivity index (χ1) is 9.81. The van der Waals surface area contributed by atoms with Gasteiger partial charge in [0, 0.05) is 13.0 Å². The number of hydrogen-bond donors (Lipinski definition) is 1. The van der Waals surface area contributed by atoms with E-state index < -0.39 is 0 Å². The van der Waals surface area contributed by atoms with Crippen molar-refractivity contribution < 1.29 is 9.53 Å².